The summed E-state index contributed by atoms with van der Waals surface area (Å²) in [5.41, 5.74) is 2.94. The van der Waals surface area contributed by atoms with Crippen molar-refractivity contribution in [3.05, 3.63) is 124 Å². The van der Waals surface area contributed by atoms with E-state index in [1.165, 1.54) is 0 Å². The molecule has 0 aromatic heterocycles. The maximum absolute atomic E-state index is 14.7. The molecule has 1 N–H and O–H groups in total. The van der Waals surface area contributed by atoms with Gasteiger partial charge in [-0.1, -0.05) is 95.4 Å². The second kappa shape index (κ2) is 17.0. The van der Waals surface area contributed by atoms with E-state index in [-0.39, 0.29) is 29.8 Å². The molecule has 10 heteroatoms. The number of halogens is 1. The second-order valence-corrected chi connectivity index (χ2v) is 15.2. The van der Waals surface area contributed by atoms with Crippen LogP contribution in [0, 0.1) is 6.92 Å². The average Bonchev–Trinajstić information content (AvgIpc) is 3.11. The fraction of sp³-hybridized carbons (Fsp3) is 0.333. The number of sulfonamides is 1. The zero-order chi connectivity index (χ0) is 34.8. The normalized spacial score (nSPS) is 14.1. The number of amides is 2. The molecule has 2 amide bonds. The van der Waals surface area contributed by atoms with Crippen LogP contribution in [0.25, 0.3) is 0 Å². The van der Waals surface area contributed by atoms with Gasteiger partial charge in [-0.25, -0.2) is 8.42 Å². The number of ether oxygens (including phenoxy) is 1. The molecule has 4 aromatic rings. The van der Waals surface area contributed by atoms with E-state index >= 15 is 0 Å². The van der Waals surface area contributed by atoms with Gasteiger partial charge in [0.1, 0.15) is 18.3 Å². The molecule has 8 nitrogen and oxygen atoms in total. The molecule has 49 heavy (non-hydrogen) atoms. The Balaban J connectivity index is 1.56. The maximum atomic E-state index is 14.7. The third kappa shape index (κ3) is 9.73. The second-order valence-electron chi connectivity index (χ2n) is 12.4. The molecule has 0 heterocycles. The minimum absolute atomic E-state index is 0.0337. The largest absolute Gasteiger partial charge is 0.494 e. The van der Waals surface area contributed by atoms with Crippen LogP contribution in [0.1, 0.15) is 55.7 Å². The van der Waals surface area contributed by atoms with E-state index in [1.807, 2.05) is 68.4 Å². The highest BCUT2D eigenvalue weighted by molar-refractivity contribution is 9.10. The number of anilines is 1. The summed E-state index contributed by atoms with van der Waals surface area (Å²) in [6, 6.07) is 29.6. The quantitative estimate of drug-likeness (QED) is 0.145. The molecule has 0 saturated heterocycles. The summed E-state index contributed by atoms with van der Waals surface area (Å²) >= 11 is 3.49. The molecule has 1 atom stereocenters. The Kier molecular flexibility index (Phi) is 12.5. The van der Waals surface area contributed by atoms with Crippen LogP contribution >= 0.6 is 15.9 Å². The van der Waals surface area contributed by atoms with Gasteiger partial charge in [0.2, 0.25) is 11.8 Å². The van der Waals surface area contributed by atoms with E-state index in [0.29, 0.717) is 18.0 Å². The molecule has 1 saturated carbocycles. The number of carbonyl (C=O) groups excluding carboxylic acids is 2. The van der Waals surface area contributed by atoms with Crippen molar-refractivity contribution < 1.29 is 22.7 Å². The first kappa shape index (κ1) is 36.1. The first-order valence-corrected chi connectivity index (χ1v) is 19.1. The summed E-state index contributed by atoms with van der Waals surface area (Å²) in [7, 11) is -4.19. The first-order valence-electron chi connectivity index (χ1n) is 16.8. The van der Waals surface area contributed by atoms with Gasteiger partial charge < -0.3 is 15.0 Å². The lowest BCUT2D eigenvalue weighted by Crippen LogP contribution is -2.55. The van der Waals surface area contributed by atoms with Crippen molar-refractivity contribution >= 4 is 43.5 Å². The molecule has 0 radical (unpaired) electrons. The molecule has 1 aliphatic rings. The van der Waals surface area contributed by atoms with Crippen molar-refractivity contribution in [1.29, 1.82) is 0 Å². The predicted octanol–water partition coefficient (Wildman–Crippen LogP) is 7.44. The molecule has 5 rings (SSSR count). The van der Waals surface area contributed by atoms with Crippen LogP contribution in [-0.4, -0.2) is 50.4 Å². The van der Waals surface area contributed by atoms with Crippen LogP contribution < -0.4 is 14.4 Å². The van der Waals surface area contributed by atoms with E-state index in [9.17, 15) is 18.0 Å². The lowest BCUT2D eigenvalue weighted by atomic mass is 9.94. The van der Waals surface area contributed by atoms with Gasteiger partial charge in [0.15, 0.2) is 0 Å². The number of hydrogen-bond acceptors (Lipinski definition) is 5. The topological polar surface area (TPSA) is 96.0 Å². The summed E-state index contributed by atoms with van der Waals surface area (Å²) in [6.07, 6.45) is 5.29. The van der Waals surface area contributed by atoms with Gasteiger partial charge in [0, 0.05) is 23.5 Å². The standard InChI is InChI=1S/C39H44BrN3O5S/c1-3-48-35-22-20-34(21-23-35)43(49(46,47)36-24-14-29(2)15-25-36)28-38(44)42(27-31-16-18-32(40)19-17-31)37(26-30-10-6-4-7-11-30)39(45)41-33-12-8-5-9-13-33/h4,6-7,10-11,14-25,33,37H,3,5,8-9,12-13,26-28H2,1-2H3,(H,41,45). The first-order chi connectivity index (χ1) is 23.6. The smallest absolute Gasteiger partial charge is 0.264 e. The predicted molar refractivity (Wildman–Crippen MR) is 197 cm³/mol. The Morgan fingerprint density at radius 3 is 2.14 bits per heavy atom. The number of aryl methyl sites for hydroxylation is 1. The van der Waals surface area contributed by atoms with Crippen LogP contribution in [0.15, 0.2) is 112 Å². The molecular weight excluding hydrogens is 702 g/mol. The molecule has 4 aromatic carbocycles. The summed E-state index contributed by atoms with van der Waals surface area (Å²) in [5.74, 6) is -0.146. The van der Waals surface area contributed by atoms with Crippen LogP contribution in [0.4, 0.5) is 5.69 Å². The van der Waals surface area contributed by atoms with Crippen molar-refractivity contribution in [3.63, 3.8) is 0 Å². The third-order valence-electron chi connectivity index (χ3n) is 8.81. The summed E-state index contributed by atoms with van der Waals surface area (Å²) < 4.78 is 36.2. The fourth-order valence-electron chi connectivity index (χ4n) is 6.13. The molecule has 1 aliphatic carbocycles. The molecule has 0 bridgehead atoms. The molecule has 0 aliphatic heterocycles. The van der Waals surface area contributed by atoms with Gasteiger partial charge in [-0.05, 0) is 86.3 Å². The highest BCUT2D eigenvalue weighted by Gasteiger charge is 2.35. The van der Waals surface area contributed by atoms with Crippen LogP contribution in [0.5, 0.6) is 5.75 Å². The Morgan fingerprint density at radius 2 is 1.51 bits per heavy atom. The molecule has 1 unspecified atom stereocenters. The number of rotatable bonds is 14. The lowest BCUT2D eigenvalue weighted by molar-refractivity contribution is -0.140. The molecule has 258 valence electrons. The van der Waals surface area contributed by atoms with E-state index in [0.717, 1.165) is 57.6 Å². The van der Waals surface area contributed by atoms with Gasteiger partial charge in [-0.2, -0.15) is 0 Å². The van der Waals surface area contributed by atoms with Gasteiger partial charge in [-0.15, -0.1) is 0 Å². The Hall–Kier alpha value is -4.15. The Morgan fingerprint density at radius 1 is 0.857 bits per heavy atom. The van der Waals surface area contributed by atoms with Gasteiger partial charge >= 0.3 is 0 Å². The average molecular weight is 747 g/mol. The van der Waals surface area contributed by atoms with Gasteiger partial charge in [-0.3, -0.25) is 13.9 Å². The Labute approximate surface area is 298 Å². The number of carbonyl (C=O) groups is 2. The number of hydrogen-bond donors (Lipinski definition) is 1. The SMILES string of the molecule is CCOc1ccc(N(CC(=O)N(Cc2ccc(Br)cc2)C(Cc2ccccc2)C(=O)NC2CCCCC2)S(=O)(=O)c2ccc(C)cc2)cc1. The highest BCUT2D eigenvalue weighted by Crippen LogP contribution is 2.28. The van der Waals surface area contributed by atoms with Crippen molar-refractivity contribution in [2.45, 2.75) is 75.9 Å². The third-order valence-corrected chi connectivity index (χ3v) is 11.1. The number of benzene rings is 4. The molecule has 1 fully saturated rings. The maximum Gasteiger partial charge on any atom is 0.264 e. The van der Waals surface area contributed by atoms with Gasteiger partial charge in [0.05, 0.1) is 17.2 Å². The van der Waals surface area contributed by atoms with Crippen molar-refractivity contribution in [3.8, 4) is 5.75 Å². The van der Waals surface area contributed by atoms with Crippen LogP contribution in [0.3, 0.4) is 0 Å². The van der Waals surface area contributed by atoms with Crippen molar-refractivity contribution in [2.75, 3.05) is 17.5 Å². The highest BCUT2D eigenvalue weighted by atomic mass is 79.9. The minimum atomic E-state index is -4.19. The zero-order valence-corrected chi connectivity index (χ0v) is 30.5. The molecular formula is C39H44BrN3O5S. The zero-order valence-electron chi connectivity index (χ0n) is 28.1. The summed E-state index contributed by atoms with van der Waals surface area (Å²) in [5, 5.41) is 3.25. The van der Waals surface area contributed by atoms with E-state index < -0.39 is 28.5 Å². The fourth-order valence-corrected chi connectivity index (χ4v) is 7.80. The Bertz CT molecular complexity index is 1780. The number of nitrogens with one attached hydrogen (secondary N) is 1. The number of nitrogens with zero attached hydrogens (tertiary/aromatic N) is 2. The van der Waals surface area contributed by atoms with E-state index in [4.69, 9.17) is 4.74 Å². The van der Waals surface area contributed by atoms with Crippen LogP contribution in [0.2, 0.25) is 0 Å². The van der Waals surface area contributed by atoms with E-state index in [2.05, 4.69) is 21.2 Å². The summed E-state index contributed by atoms with van der Waals surface area (Å²) in [6.45, 7) is 3.82. The van der Waals surface area contributed by atoms with Crippen molar-refractivity contribution in [2.24, 2.45) is 0 Å². The van der Waals surface area contributed by atoms with Crippen LogP contribution in [-0.2, 0) is 32.6 Å². The molecule has 0 spiro atoms. The summed E-state index contributed by atoms with van der Waals surface area (Å²) in [4.78, 5) is 30.6. The monoisotopic (exact) mass is 745 g/mol. The van der Waals surface area contributed by atoms with Gasteiger partial charge in [0.25, 0.3) is 10.0 Å². The van der Waals surface area contributed by atoms with E-state index in [1.54, 1.807) is 53.4 Å². The van der Waals surface area contributed by atoms with Crippen molar-refractivity contribution in [1.82, 2.24) is 10.2 Å². The lowest BCUT2D eigenvalue weighted by Gasteiger charge is -2.35. The minimum Gasteiger partial charge on any atom is -0.494 e.